The van der Waals surface area contributed by atoms with Crippen LogP contribution in [-0.4, -0.2) is 36.1 Å². The van der Waals surface area contributed by atoms with Crippen LogP contribution < -0.4 is 10.6 Å². The molecule has 2 aliphatic heterocycles. The van der Waals surface area contributed by atoms with E-state index in [1.165, 1.54) is 62.2 Å². The number of nitrogens with one attached hydrogen (secondary N) is 2. The minimum absolute atomic E-state index is 0.286. The third-order valence-corrected chi connectivity index (χ3v) is 6.77. The molecule has 2 unspecified atom stereocenters. The van der Waals surface area contributed by atoms with Crippen molar-refractivity contribution in [2.75, 3.05) is 26.2 Å². The number of hydrogen-bond donors (Lipinski definition) is 2. The summed E-state index contributed by atoms with van der Waals surface area (Å²) in [4.78, 5) is 6.99. The number of aryl methyl sites for hydroxylation is 1. The predicted octanol–water partition coefficient (Wildman–Crippen LogP) is 4.95. The van der Waals surface area contributed by atoms with E-state index >= 15 is 0 Å². The summed E-state index contributed by atoms with van der Waals surface area (Å²) >= 11 is 0. The van der Waals surface area contributed by atoms with E-state index in [4.69, 9.17) is 0 Å². The van der Waals surface area contributed by atoms with Gasteiger partial charge in [-0.15, -0.1) is 0 Å². The van der Waals surface area contributed by atoms with E-state index in [2.05, 4.69) is 52.7 Å². The first-order chi connectivity index (χ1) is 14.1. The molecule has 2 fully saturated rings. The summed E-state index contributed by atoms with van der Waals surface area (Å²) in [5.41, 5.74) is 4.82. The van der Waals surface area contributed by atoms with Crippen LogP contribution in [0.2, 0.25) is 0 Å². The molecule has 160 valence electrons. The fourth-order valence-corrected chi connectivity index (χ4v) is 4.70. The number of hydrogen-bond acceptors (Lipinski definition) is 4. The zero-order valence-electron chi connectivity index (χ0n) is 18.6. The van der Waals surface area contributed by atoms with Crippen LogP contribution in [0.25, 0.3) is 0 Å². The van der Waals surface area contributed by atoms with Crippen LogP contribution in [0.1, 0.15) is 69.2 Å². The Bertz CT molecular complexity index is 660. The van der Waals surface area contributed by atoms with Gasteiger partial charge in [-0.1, -0.05) is 26.1 Å². The SMILES string of the molecule is C=C(NC(CC)c1ccc(C)nc1)C1CCCN(C(=C)CCC2CCNCC2)C1. The van der Waals surface area contributed by atoms with Gasteiger partial charge in [0.25, 0.3) is 0 Å². The van der Waals surface area contributed by atoms with Gasteiger partial charge in [-0.3, -0.25) is 4.98 Å². The standard InChI is InChI=1S/C25H40N4/c1-5-25(23-11-8-19(2)27-17-23)28-21(4)24-7-6-16-29(18-24)20(3)9-10-22-12-14-26-15-13-22/h8,11,17,22,24-26,28H,3-7,9-10,12-16,18H2,1-2H3. The smallest absolute Gasteiger partial charge is 0.0523 e. The van der Waals surface area contributed by atoms with Gasteiger partial charge in [0.05, 0.1) is 6.04 Å². The lowest BCUT2D eigenvalue weighted by atomic mass is 9.91. The fourth-order valence-electron chi connectivity index (χ4n) is 4.70. The Hall–Kier alpha value is -1.81. The molecular formula is C25H40N4. The minimum atomic E-state index is 0.286. The summed E-state index contributed by atoms with van der Waals surface area (Å²) in [5.74, 6) is 1.37. The Balaban J connectivity index is 1.50. The van der Waals surface area contributed by atoms with Crippen molar-refractivity contribution in [3.05, 3.63) is 54.1 Å². The lowest BCUT2D eigenvalue weighted by Crippen LogP contribution is -2.38. The Morgan fingerprint density at radius 2 is 2.07 bits per heavy atom. The molecular weight excluding hydrogens is 356 g/mol. The summed E-state index contributed by atoms with van der Waals surface area (Å²) in [7, 11) is 0. The van der Waals surface area contributed by atoms with Crippen LogP contribution in [0.5, 0.6) is 0 Å². The number of nitrogens with zero attached hydrogens (tertiary/aromatic N) is 2. The number of rotatable bonds is 9. The summed E-state index contributed by atoms with van der Waals surface area (Å²) < 4.78 is 0. The average molecular weight is 397 g/mol. The van der Waals surface area contributed by atoms with Gasteiger partial charge in [-0.05, 0) is 82.5 Å². The lowest BCUT2D eigenvalue weighted by Gasteiger charge is -2.38. The first kappa shape index (κ1) is 21.9. The van der Waals surface area contributed by atoms with E-state index in [0.717, 1.165) is 37.5 Å². The number of piperidine rings is 2. The van der Waals surface area contributed by atoms with Crippen molar-refractivity contribution in [3.63, 3.8) is 0 Å². The van der Waals surface area contributed by atoms with Crippen LogP contribution in [0.4, 0.5) is 0 Å². The minimum Gasteiger partial charge on any atom is -0.382 e. The second-order valence-electron chi connectivity index (χ2n) is 8.95. The Morgan fingerprint density at radius 3 is 2.76 bits per heavy atom. The molecule has 1 aromatic heterocycles. The summed E-state index contributed by atoms with van der Waals surface area (Å²) in [6, 6.07) is 4.57. The van der Waals surface area contributed by atoms with E-state index < -0.39 is 0 Å². The molecule has 0 aliphatic carbocycles. The Labute approximate surface area is 177 Å². The second-order valence-corrected chi connectivity index (χ2v) is 8.95. The van der Waals surface area contributed by atoms with Crippen molar-refractivity contribution in [1.82, 2.24) is 20.5 Å². The van der Waals surface area contributed by atoms with Gasteiger partial charge < -0.3 is 15.5 Å². The molecule has 0 spiro atoms. The predicted molar refractivity (Wildman–Crippen MR) is 123 cm³/mol. The van der Waals surface area contributed by atoms with E-state index in [-0.39, 0.29) is 6.04 Å². The van der Waals surface area contributed by atoms with Gasteiger partial charge in [0.1, 0.15) is 0 Å². The molecule has 1 aromatic rings. The molecule has 2 atom stereocenters. The molecule has 29 heavy (non-hydrogen) atoms. The first-order valence-corrected chi connectivity index (χ1v) is 11.6. The molecule has 0 saturated carbocycles. The highest BCUT2D eigenvalue weighted by Crippen LogP contribution is 2.29. The van der Waals surface area contributed by atoms with Crippen LogP contribution in [0.15, 0.2) is 42.9 Å². The Morgan fingerprint density at radius 1 is 1.28 bits per heavy atom. The van der Waals surface area contributed by atoms with Gasteiger partial charge in [0, 0.05) is 42.3 Å². The topological polar surface area (TPSA) is 40.2 Å². The average Bonchev–Trinajstić information content (AvgIpc) is 2.77. The monoisotopic (exact) mass is 396 g/mol. The molecule has 0 bridgehead atoms. The van der Waals surface area contributed by atoms with Crippen molar-refractivity contribution in [3.8, 4) is 0 Å². The third kappa shape index (κ3) is 6.33. The molecule has 0 amide bonds. The van der Waals surface area contributed by atoms with E-state index in [1.54, 1.807) is 0 Å². The van der Waals surface area contributed by atoms with Gasteiger partial charge in [-0.2, -0.15) is 0 Å². The number of allylic oxidation sites excluding steroid dienone is 1. The molecule has 4 heteroatoms. The summed E-state index contributed by atoms with van der Waals surface area (Å²) in [6.45, 7) is 17.7. The normalized spacial score (nSPS) is 21.6. The molecule has 3 heterocycles. The van der Waals surface area contributed by atoms with E-state index in [9.17, 15) is 0 Å². The van der Waals surface area contributed by atoms with Crippen molar-refractivity contribution >= 4 is 0 Å². The highest BCUT2D eigenvalue weighted by atomic mass is 15.1. The zero-order chi connectivity index (χ0) is 20.6. The molecule has 2 aliphatic rings. The number of pyridine rings is 1. The number of likely N-dealkylation sites (tertiary alicyclic amines) is 1. The van der Waals surface area contributed by atoms with Crippen LogP contribution in [0, 0.1) is 18.8 Å². The first-order valence-electron chi connectivity index (χ1n) is 11.6. The van der Waals surface area contributed by atoms with Crippen LogP contribution in [0.3, 0.4) is 0 Å². The molecule has 0 radical (unpaired) electrons. The van der Waals surface area contributed by atoms with E-state index in [0.29, 0.717) is 5.92 Å². The van der Waals surface area contributed by atoms with Gasteiger partial charge in [-0.25, -0.2) is 0 Å². The third-order valence-electron chi connectivity index (χ3n) is 6.77. The summed E-state index contributed by atoms with van der Waals surface area (Å²) in [5, 5.41) is 7.18. The maximum atomic E-state index is 4.47. The maximum absolute atomic E-state index is 4.47. The zero-order valence-corrected chi connectivity index (χ0v) is 18.6. The largest absolute Gasteiger partial charge is 0.382 e. The van der Waals surface area contributed by atoms with Crippen molar-refractivity contribution in [2.24, 2.45) is 11.8 Å². The Kier molecular flexibility index (Phi) is 8.17. The molecule has 3 rings (SSSR count). The van der Waals surface area contributed by atoms with Crippen molar-refractivity contribution in [2.45, 2.75) is 64.8 Å². The lowest BCUT2D eigenvalue weighted by molar-refractivity contribution is 0.220. The van der Waals surface area contributed by atoms with Crippen LogP contribution in [-0.2, 0) is 0 Å². The second kappa shape index (κ2) is 10.8. The fraction of sp³-hybridized carbons (Fsp3) is 0.640. The highest BCUT2D eigenvalue weighted by molar-refractivity contribution is 5.19. The van der Waals surface area contributed by atoms with Gasteiger partial charge in [0.2, 0.25) is 0 Å². The molecule has 0 aromatic carbocycles. The number of aromatic nitrogens is 1. The maximum Gasteiger partial charge on any atom is 0.0523 e. The molecule has 2 N–H and O–H groups in total. The van der Waals surface area contributed by atoms with Gasteiger partial charge in [0.15, 0.2) is 0 Å². The van der Waals surface area contributed by atoms with Crippen molar-refractivity contribution in [1.29, 1.82) is 0 Å². The van der Waals surface area contributed by atoms with E-state index in [1.807, 2.05) is 13.1 Å². The summed E-state index contributed by atoms with van der Waals surface area (Å²) in [6.07, 6.45) is 10.5. The van der Waals surface area contributed by atoms with Crippen molar-refractivity contribution < 1.29 is 0 Å². The highest BCUT2D eigenvalue weighted by Gasteiger charge is 2.25. The van der Waals surface area contributed by atoms with Gasteiger partial charge >= 0.3 is 0 Å². The molecule has 2 saturated heterocycles. The van der Waals surface area contributed by atoms with Crippen LogP contribution >= 0.6 is 0 Å². The molecule has 4 nitrogen and oxygen atoms in total. The quantitative estimate of drug-likeness (QED) is 0.620.